The van der Waals surface area contributed by atoms with Crippen LogP contribution in [0.3, 0.4) is 0 Å². The second-order valence-corrected chi connectivity index (χ2v) is 6.25. The van der Waals surface area contributed by atoms with Gasteiger partial charge in [-0.15, -0.1) is 0 Å². The van der Waals surface area contributed by atoms with E-state index in [1.807, 2.05) is 32.0 Å². The van der Waals surface area contributed by atoms with E-state index in [1.54, 1.807) is 25.1 Å². The third-order valence-corrected chi connectivity index (χ3v) is 4.36. The molecule has 0 spiro atoms. The smallest absolute Gasteiger partial charge is 0.306 e. The first-order chi connectivity index (χ1) is 13.0. The molecule has 0 aliphatic carbocycles. The van der Waals surface area contributed by atoms with Gasteiger partial charge in [0.25, 0.3) is 0 Å². The number of carbonyl (C=O) groups excluding carboxylic acids is 2. The van der Waals surface area contributed by atoms with Gasteiger partial charge in [-0.2, -0.15) is 0 Å². The highest BCUT2D eigenvalue weighted by Crippen LogP contribution is 2.30. The van der Waals surface area contributed by atoms with Gasteiger partial charge >= 0.3 is 5.97 Å². The molecule has 0 aliphatic rings. The van der Waals surface area contributed by atoms with Gasteiger partial charge in [0.1, 0.15) is 6.61 Å². The van der Waals surface area contributed by atoms with Crippen LogP contribution in [0.25, 0.3) is 0 Å². The van der Waals surface area contributed by atoms with Crippen LogP contribution >= 0.6 is 0 Å². The maximum absolute atomic E-state index is 12.3. The van der Waals surface area contributed by atoms with Crippen LogP contribution in [-0.4, -0.2) is 25.5 Å². The first-order valence-electron chi connectivity index (χ1n) is 9.01. The van der Waals surface area contributed by atoms with Crippen molar-refractivity contribution < 1.29 is 23.8 Å². The Balaban J connectivity index is 2.07. The number of ether oxygens (including phenoxy) is 3. The fourth-order valence-electron chi connectivity index (χ4n) is 2.78. The van der Waals surface area contributed by atoms with Gasteiger partial charge in [-0.1, -0.05) is 18.2 Å². The van der Waals surface area contributed by atoms with Crippen molar-refractivity contribution in [1.29, 1.82) is 0 Å². The molecular formula is C22H26O5. The maximum Gasteiger partial charge on any atom is 0.306 e. The highest BCUT2D eigenvalue weighted by atomic mass is 16.5. The zero-order chi connectivity index (χ0) is 19.8. The van der Waals surface area contributed by atoms with E-state index in [9.17, 15) is 9.59 Å². The molecule has 0 atom stereocenters. The Morgan fingerprint density at radius 3 is 2.30 bits per heavy atom. The Morgan fingerprint density at radius 1 is 0.963 bits per heavy atom. The maximum atomic E-state index is 12.3. The van der Waals surface area contributed by atoms with Crippen molar-refractivity contribution in [2.75, 3.05) is 13.7 Å². The number of ketones is 1. The molecule has 0 fully saturated rings. The van der Waals surface area contributed by atoms with Gasteiger partial charge in [-0.05, 0) is 55.7 Å². The molecule has 0 amide bonds. The van der Waals surface area contributed by atoms with Crippen molar-refractivity contribution in [3.8, 4) is 11.5 Å². The lowest BCUT2D eigenvalue weighted by Crippen LogP contribution is -2.08. The molecule has 144 valence electrons. The predicted octanol–water partition coefficient (Wildman–Crippen LogP) is 4.42. The summed E-state index contributed by atoms with van der Waals surface area (Å²) >= 11 is 0. The third-order valence-electron chi connectivity index (χ3n) is 4.36. The Kier molecular flexibility index (Phi) is 7.41. The van der Waals surface area contributed by atoms with Gasteiger partial charge in [0.15, 0.2) is 17.3 Å². The molecule has 0 heterocycles. The normalized spacial score (nSPS) is 10.4. The topological polar surface area (TPSA) is 61.8 Å². The van der Waals surface area contributed by atoms with Gasteiger partial charge in [0.2, 0.25) is 0 Å². The first-order valence-corrected chi connectivity index (χ1v) is 9.01. The van der Waals surface area contributed by atoms with Crippen molar-refractivity contribution in [3.05, 3.63) is 58.7 Å². The fraction of sp³-hybridized carbons (Fsp3) is 0.364. The van der Waals surface area contributed by atoms with Crippen LogP contribution in [0.4, 0.5) is 0 Å². The lowest BCUT2D eigenvalue weighted by molar-refractivity contribution is -0.143. The quantitative estimate of drug-likeness (QED) is 0.483. The fourth-order valence-corrected chi connectivity index (χ4v) is 2.78. The van der Waals surface area contributed by atoms with Crippen molar-refractivity contribution in [2.45, 2.75) is 40.2 Å². The van der Waals surface area contributed by atoms with Gasteiger partial charge in [0.05, 0.1) is 20.1 Å². The van der Waals surface area contributed by atoms with Crippen molar-refractivity contribution in [3.63, 3.8) is 0 Å². The van der Waals surface area contributed by atoms with Crippen LogP contribution in [0.15, 0.2) is 36.4 Å². The standard InChI is InChI=1S/C22H26O5/c1-5-26-22(24)12-10-19(23)17-9-11-20(21(13-17)25-4)27-14-18-15(2)7-6-8-16(18)3/h6-9,11,13H,5,10,12,14H2,1-4H3. The van der Waals surface area contributed by atoms with Gasteiger partial charge in [0, 0.05) is 12.0 Å². The summed E-state index contributed by atoms with van der Waals surface area (Å²) in [4.78, 5) is 23.7. The molecule has 2 aromatic carbocycles. The predicted molar refractivity (Wildman–Crippen MR) is 103 cm³/mol. The zero-order valence-electron chi connectivity index (χ0n) is 16.3. The Hall–Kier alpha value is -2.82. The largest absolute Gasteiger partial charge is 0.493 e. The summed E-state index contributed by atoms with van der Waals surface area (Å²) < 4.78 is 16.2. The first kappa shape index (κ1) is 20.5. The van der Waals surface area contributed by atoms with Crippen LogP contribution in [0.5, 0.6) is 11.5 Å². The Labute approximate surface area is 160 Å². The molecular weight excluding hydrogens is 344 g/mol. The van der Waals surface area contributed by atoms with Crippen LogP contribution < -0.4 is 9.47 Å². The third kappa shape index (κ3) is 5.58. The van der Waals surface area contributed by atoms with Crippen LogP contribution in [-0.2, 0) is 16.1 Å². The molecule has 2 aromatic rings. The monoisotopic (exact) mass is 370 g/mol. The van der Waals surface area contributed by atoms with E-state index in [2.05, 4.69) is 0 Å². The number of hydrogen-bond acceptors (Lipinski definition) is 5. The molecule has 0 unspecified atom stereocenters. The minimum absolute atomic E-state index is 0.0692. The molecule has 0 radical (unpaired) electrons. The summed E-state index contributed by atoms with van der Waals surface area (Å²) in [5.74, 6) is 0.555. The highest BCUT2D eigenvalue weighted by molar-refractivity contribution is 5.98. The van der Waals surface area contributed by atoms with Crippen molar-refractivity contribution in [1.82, 2.24) is 0 Å². The van der Waals surface area contributed by atoms with Crippen molar-refractivity contribution >= 4 is 11.8 Å². The SMILES string of the molecule is CCOC(=O)CCC(=O)c1ccc(OCc2c(C)cccc2C)c(OC)c1. The summed E-state index contributed by atoms with van der Waals surface area (Å²) in [6.07, 6.45) is 0.171. The van der Waals surface area contributed by atoms with E-state index in [4.69, 9.17) is 14.2 Å². The lowest BCUT2D eigenvalue weighted by atomic mass is 10.0. The summed E-state index contributed by atoms with van der Waals surface area (Å²) in [5.41, 5.74) is 3.95. The number of hydrogen-bond donors (Lipinski definition) is 0. The molecule has 27 heavy (non-hydrogen) atoms. The van der Waals surface area contributed by atoms with Gasteiger partial charge in [-0.3, -0.25) is 9.59 Å². The number of benzene rings is 2. The number of Topliss-reactive ketones (excluding diaryl/α,β-unsaturated/α-hetero) is 1. The molecule has 5 heteroatoms. The van der Waals surface area contributed by atoms with E-state index in [0.29, 0.717) is 30.3 Å². The summed E-state index contributed by atoms with van der Waals surface area (Å²) in [6.45, 7) is 6.57. The molecule has 0 aliphatic heterocycles. The minimum Gasteiger partial charge on any atom is -0.493 e. The highest BCUT2D eigenvalue weighted by Gasteiger charge is 2.14. The van der Waals surface area contributed by atoms with E-state index in [1.165, 1.54) is 18.2 Å². The summed E-state index contributed by atoms with van der Waals surface area (Å²) in [5, 5.41) is 0. The summed E-state index contributed by atoms with van der Waals surface area (Å²) in [7, 11) is 1.54. The Bertz CT molecular complexity index is 790. The number of rotatable bonds is 9. The molecule has 0 saturated heterocycles. The van der Waals surface area contributed by atoms with Crippen LogP contribution in [0, 0.1) is 13.8 Å². The number of esters is 1. The van der Waals surface area contributed by atoms with Gasteiger partial charge in [-0.25, -0.2) is 0 Å². The van der Waals surface area contributed by atoms with E-state index in [-0.39, 0.29) is 24.6 Å². The van der Waals surface area contributed by atoms with Crippen LogP contribution in [0.1, 0.15) is 46.8 Å². The molecule has 5 nitrogen and oxygen atoms in total. The summed E-state index contributed by atoms with van der Waals surface area (Å²) in [6, 6.07) is 11.2. The van der Waals surface area contributed by atoms with E-state index in [0.717, 1.165) is 5.56 Å². The van der Waals surface area contributed by atoms with Crippen molar-refractivity contribution in [2.24, 2.45) is 0 Å². The van der Waals surface area contributed by atoms with Crippen LogP contribution in [0.2, 0.25) is 0 Å². The lowest BCUT2D eigenvalue weighted by Gasteiger charge is -2.14. The molecule has 0 N–H and O–H groups in total. The molecule has 0 bridgehead atoms. The number of methoxy groups -OCH3 is 1. The average Bonchev–Trinajstić information content (AvgIpc) is 2.66. The van der Waals surface area contributed by atoms with Gasteiger partial charge < -0.3 is 14.2 Å². The average molecular weight is 370 g/mol. The van der Waals surface area contributed by atoms with E-state index < -0.39 is 0 Å². The molecule has 0 saturated carbocycles. The van der Waals surface area contributed by atoms with E-state index >= 15 is 0 Å². The second-order valence-electron chi connectivity index (χ2n) is 6.25. The second kappa shape index (κ2) is 9.76. The molecule has 0 aromatic heterocycles. The molecule has 2 rings (SSSR count). The zero-order valence-corrected chi connectivity index (χ0v) is 16.3. The minimum atomic E-state index is -0.369. The Morgan fingerprint density at radius 2 is 1.67 bits per heavy atom. The number of carbonyl (C=O) groups is 2. The number of aryl methyl sites for hydroxylation is 2.